The molecule has 2 aliphatic heterocycles. The maximum Gasteiger partial charge on any atom is 0.358 e. The molecule has 0 aliphatic carbocycles. The first-order valence-corrected chi connectivity index (χ1v) is 15.5. The van der Waals surface area contributed by atoms with Crippen LogP contribution < -0.4 is 5.32 Å². The molecule has 2 atom stereocenters. The Morgan fingerprint density at radius 2 is 1.75 bits per heavy atom. The maximum atomic E-state index is 13.2. The van der Waals surface area contributed by atoms with Crippen LogP contribution in [-0.2, 0) is 57.3 Å². The van der Waals surface area contributed by atoms with Crippen molar-refractivity contribution in [1.29, 1.82) is 0 Å². The number of Topliss-reactive ketones (excluding diaryl/α,β-unsaturated/α-hetero) is 1. The highest BCUT2D eigenvalue weighted by Gasteiger charge is 2.55. The molecular formula is C27H33N3O12S2. The molecule has 17 heteroatoms. The van der Waals surface area contributed by atoms with Gasteiger partial charge in [0.15, 0.2) is 0 Å². The highest BCUT2D eigenvalue weighted by atomic mass is 32.2. The van der Waals surface area contributed by atoms with Crippen molar-refractivity contribution in [3.05, 3.63) is 41.1 Å². The standard InChI is InChI=1S/C27H33N3O12S2/c1-15-7-9-17(10-8-15)44(36,37)42-12-18(31)19(29-39-6)22(32)28-20-23(33)30-21(16(11-38-5)13-43-24(20)30)25(34)40-14-41-26(35)27(2,3)4/h7-10,20,24H,11-14H2,1-6H3,(H,28,32)/t20?,24-/m0/s1. The third-order valence-corrected chi connectivity index (χ3v) is 8.77. The van der Waals surface area contributed by atoms with Crippen molar-refractivity contribution in [2.45, 2.75) is 44.0 Å². The van der Waals surface area contributed by atoms with Crippen LogP contribution >= 0.6 is 11.8 Å². The van der Waals surface area contributed by atoms with Gasteiger partial charge in [0.25, 0.3) is 21.9 Å². The van der Waals surface area contributed by atoms with Crippen LogP contribution in [0.15, 0.2) is 45.6 Å². The van der Waals surface area contributed by atoms with Gasteiger partial charge in [-0.05, 0) is 45.4 Å². The van der Waals surface area contributed by atoms with Crippen LogP contribution in [0.25, 0.3) is 0 Å². The summed E-state index contributed by atoms with van der Waals surface area (Å²) in [5.41, 5.74) is -0.541. The number of carbonyl (C=O) groups is 5. The van der Waals surface area contributed by atoms with Gasteiger partial charge in [-0.3, -0.25) is 28.3 Å². The fraction of sp³-hybridized carbons (Fsp3) is 0.481. The number of thioether (sulfide) groups is 1. The highest BCUT2D eigenvalue weighted by molar-refractivity contribution is 8.00. The summed E-state index contributed by atoms with van der Waals surface area (Å²) in [5, 5.41) is 5.01. The smallest absolute Gasteiger partial charge is 0.358 e. The van der Waals surface area contributed by atoms with Gasteiger partial charge < -0.3 is 24.4 Å². The normalized spacial score (nSPS) is 18.6. The molecule has 1 aromatic carbocycles. The number of methoxy groups -OCH3 is 1. The largest absolute Gasteiger partial charge is 0.427 e. The second-order valence-corrected chi connectivity index (χ2v) is 13.3. The minimum Gasteiger partial charge on any atom is -0.427 e. The summed E-state index contributed by atoms with van der Waals surface area (Å²) in [6, 6.07) is 4.51. The van der Waals surface area contributed by atoms with Crippen molar-refractivity contribution in [3.63, 3.8) is 0 Å². The molecule has 1 N–H and O–H groups in total. The van der Waals surface area contributed by atoms with E-state index in [9.17, 15) is 32.4 Å². The molecule has 0 radical (unpaired) electrons. The second-order valence-electron chi connectivity index (χ2n) is 10.6. The van der Waals surface area contributed by atoms with E-state index in [0.717, 1.165) is 17.6 Å². The Morgan fingerprint density at radius 3 is 2.34 bits per heavy atom. The van der Waals surface area contributed by atoms with E-state index in [0.29, 0.717) is 5.57 Å². The summed E-state index contributed by atoms with van der Waals surface area (Å²) >= 11 is 1.21. The van der Waals surface area contributed by atoms with Gasteiger partial charge >= 0.3 is 11.9 Å². The van der Waals surface area contributed by atoms with E-state index in [4.69, 9.17) is 18.4 Å². The van der Waals surface area contributed by atoms with E-state index in [2.05, 4.69) is 15.3 Å². The number of β-lactam (4-membered cyclic amide) rings is 1. The van der Waals surface area contributed by atoms with Crippen LogP contribution in [-0.4, -0.2) is 100.0 Å². The molecule has 0 aromatic heterocycles. The van der Waals surface area contributed by atoms with E-state index < -0.39 is 75.6 Å². The van der Waals surface area contributed by atoms with Crippen LogP contribution in [0.2, 0.25) is 0 Å². The molecule has 1 aromatic rings. The lowest BCUT2D eigenvalue weighted by Crippen LogP contribution is -2.71. The third-order valence-electron chi connectivity index (χ3n) is 6.15. The Labute approximate surface area is 258 Å². The monoisotopic (exact) mass is 655 g/mol. The second kappa shape index (κ2) is 14.3. The number of amides is 2. The van der Waals surface area contributed by atoms with Crippen LogP contribution in [0.1, 0.15) is 26.3 Å². The van der Waals surface area contributed by atoms with Gasteiger partial charge in [-0.2, -0.15) is 8.42 Å². The van der Waals surface area contributed by atoms with Crippen molar-refractivity contribution >= 4 is 57.1 Å². The molecule has 0 spiro atoms. The van der Waals surface area contributed by atoms with Gasteiger partial charge in [-0.15, -0.1) is 11.8 Å². The number of benzene rings is 1. The summed E-state index contributed by atoms with van der Waals surface area (Å²) < 4.78 is 45.0. The predicted molar refractivity (Wildman–Crippen MR) is 154 cm³/mol. The maximum absolute atomic E-state index is 13.2. The van der Waals surface area contributed by atoms with E-state index in [1.54, 1.807) is 39.8 Å². The lowest BCUT2D eigenvalue weighted by molar-refractivity contribution is -0.173. The zero-order valence-corrected chi connectivity index (χ0v) is 26.5. The van der Waals surface area contributed by atoms with Crippen molar-refractivity contribution < 1.29 is 55.6 Å². The van der Waals surface area contributed by atoms with Crippen molar-refractivity contribution in [2.75, 3.05) is 40.0 Å². The average molecular weight is 656 g/mol. The number of fused-ring (bicyclic) bond motifs is 1. The predicted octanol–water partition coefficient (Wildman–Crippen LogP) is 0.662. The number of aryl methyl sites for hydroxylation is 1. The number of ketones is 1. The number of esters is 2. The highest BCUT2D eigenvalue weighted by Crippen LogP contribution is 2.40. The van der Waals surface area contributed by atoms with Gasteiger partial charge in [-0.1, -0.05) is 22.9 Å². The molecule has 0 bridgehead atoms. The van der Waals surface area contributed by atoms with Crippen LogP contribution in [0, 0.1) is 12.3 Å². The Kier molecular flexibility index (Phi) is 11.3. The zero-order valence-electron chi connectivity index (χ0n) is 24.9. The molecule has 2 heterocycles. The fourth-order valence-corrected chi connectivity index (χ4v) is 6.07. The average Bonchev–Trinajstić information content (AvgIpc) is 2.96. The van der Waals surface area contributed by atoms with E-state index in [1.807, 2.05) is 0 Å². The molecule has 1 fully saturated rings. The molecular weight excluding hydrogens is 622 g/mol. The molecule has 2 amide bonds. The molecule has 0 saturated carbocycles. The summed E-state index contributed by atoms with van der Waals surface area (Å²) in [5.74, 6) is -4.27. The van der Waals surface area contributed by atoms with Gasteiger partial charge in [0.2, 0.25) is 18.3 Å². The van der Waals surface area contributed by atoms with Gasteiger partial charge in [0.05, 0.1) is 16.9 Å². The van der Waals surface area contributed by atoms with Crippen molar-refractivity contribution in [1.82, 2.24) is 10.2 Å². The molecule has 2 aliphatic rings. The first kappa shape index (κ1) is 34.7. The Balaban J connectivity index is 1.68. The minimum absolute atomic E-state index is 0.00260. The molecule has 15 nitrogen and oxygen atoms in total. The molecule has 1 saturated heterocycles. The van der Waals surface area contributed by atoms with E-state index >= 15 is 0 Å². The fourth-order valence-electron chi connectivity index (χ4n) is 3.87. The molecule has 44 heavy (non-hydrogen) atoms. The molecule has 3 rings (SSSR count). The van der Waals surface area contributed by atoms with Crippen molar-refractivity contribution in [3.8, 4) is 0 Å². The van der Waals surface area contributed by atoms with E-state index in [-0.39, 0.29) is 23.0 Å². The third kappa shape index (κ3) is 8.02. The van der Waals surface area contributed by atoms with Gasteiger partial charge in [0.1, 0.15) is 30.8 Å². The molecule has 1 unspecified atom stereocenters. The number of nitrogens with zero attached hydrogens (tertiary/aromatic N) is 2. The minimum atomic E-state index is -4.33. The number of ether oxygens (including phenoxy) is 3. The van der Waals surface area contributed by atoms with Crippen LogP contribution in [0.4, 0.5) is 0 Å². The number of hydrogen-bond donors (Lipinski definition) is 1. The van der Waals surface area contributed by atoms with Crippen LogP contribution in [0.3, 0.4) is 0 Å². The van der Waals surface area contributed by atoms with Gasteiger partial charge in [0, 0.05) is 12.9 Å². The summed E-state index contributed by atoms with van der Waals surface area (Å²) in [6.07, 6.45) is 0. The first-order chi connectivity index (χ1) is 20.6. The van der Waals surface area contributed by atoms with E-state index in [1.165, 1.54) is 31.0 Å². The SMILES string of the molecule is COCC1=C(C(=O)OCOC(=O)C(C)(C)C)N2C(=O)C(NC(=O)C(=NOC)C(=O)COS(=O)(=O)c3ccc(C)cc3)[C@@H]2SC1. The summed E-state index contributed by atoms with van der Waals surface area (Å²) in [6.45, 7) is 4.90. The topological polar surface area (TPSA) is 193 Å². The Hall–Kier alpha value is -3.80. The van der Waals surface area contributed by atoms with Crippen molar-refractivity contribution in [2.24, 2.45) is 10.6 Å². The summed E-state index contributed by atoms with van der Waals surface area (Å²) in [4.78, 5) is 69.4. The summed E-state index contributed by atoms with van der Waals surface area (Å²) in [7, 11) is -1.86. The molecule has 240 valence electrons. The lowest BCUT2D eigenvalue weighted by Gasteiger charge is -2.49. The van der Waals surface area contributed by atoms with Crippen LogP contribution in [0.5, 0.6) is 0 Å². The quantitative estimate of drug-likeness (QED) is 0.0593. The number of rotatable bonds is 13. The number of nitrogens with one attached hydrogen (secondary N) is 1. The Morgan fingerprint density at radius 1 is 1.09 bits per heavy atom. The first-order valence-electron chi connectivity index (χ1n) is 13.0. The number of oxime groups is 1. The zero-order chi connectivity index (χ0) is 32.8. The Bertz CT molecular complexity index is 1480. The number of carbonyl (C=O) groups excluding carboxylic acids is 5. The van der Waals surface area contributed by atoms with Gasteiger partial charge in [-0.25, -0.2) is 4.79 Å². The number of hydrogen-bond acceptors (Lipinski definition) is 14. The lowest BCUT2D eigenvalue weighted by atomic mass is 9.98.